The predicted octanol–water partition coefficient (Wildman–Crippen LogP) is 0.932. The van der Waals surface area contributed by atoms with Crippen molar-refractivity contribution in [3.05, 3.63) is 52.7 Å². The number of rotatable bonds is 3. The van der Waals surface area contributed by atoms with Crippen molar-refractivity contribution in [3.8, 4) is 0 Å². The van der Waals surface area contributed by atoms with E-state index in [2.05, 4.69) is 10.1 Å². The maximum Gasteiger partial charge on any atom is 0.348 e. The Hall–Kier alpha value is -3.01. The van der Waals surface area contributed by atoms with E-state index < -0.39 is 15.5 Å². The van der Waals surface area contributed by atoms with E-state index in [4.69, 9.17) is 0 Å². The molecule has 3 aromatic rings. The Labute approximate surface area is 172 Å². The van der Waals surface area contributed by atoms with Gasteiger partial charge in [0.15, 0.2) is 9.84 Å². The molecule has 1 saturated heterocycles. The van der Waals surface area contributed by atoms with Crippen LogP contribution in [0.2, 0.25) is 0 Å². The third-order valence-corrected chi connectivity index (χ3v) is 7.64. The fraction of sp³-hybridized carbons (Fsp3) is 0.400. The van der Waals surface area contributed by atoms with Gasteiger partial charge in [0.1, 0.15) is 12.1 Å². The van der Waals surface area contributed by atoms with Gasteiger partial charge in [0, 0.05) is 12.2 Å². The van der Waals surface area contributed by atoms with E-state index in [-0.39, 0.29) is 30.0 Å². The minimum absolute atomic E-state index is 0.0202. The summed E-state index contributed by atoms with van der Waals surface area (Å²) in [5.74, 6) is -0.0412. The summed E-state index contributed by atoms with van der Waals surface area (Å²) in [5.41, 5.74) is 2.52. The van der Waals surface area contributed by atoms with Crippen molar-refractivity contribution in [1.29, 1.82) is 0 Å². The predicted molar refractivity (Wildman–Crippen MR) is 111 cm³/mol. The van der Waals surface area contributed by atoms with Gasteiger partial charge in [0.05, 0.1) is 35.5 Å². The van der Waals surface area contributed by atoms with Gasteiger partial charge in [0.2, 0.25) is 5.91 Å². The molecule has 2 aromatic heterocycles. The molecule has 2 aliphatic heterocycles. The minimum Gasteiger partial charge on any atom is -0.311 e. The number of benzene rings is 1. The average molecular weight is 427 g/mol. The number of fused-ring (bicyclic) bond motifs is 2. The van der Waals surface area contributed by atoms with Crippen LogP contribution >= 0.6 is 0 Å². The third kappa shape index (κ3) is 3.20. The summed E-state index contributed by atoms with van der Waals surface area (Å²) in [7, 11) is -3.08. The molecule has 2 aliphatic rings. The maximum absolute atomic E-state index is 13.1. The Balaban J connectivity index is 1.49. The number of amides is 1. The van der Waals surface area contributed by atoms with Crippen LogP contribution in [0, 0.1) is 0 Å². The maximum atomic E-state index is 13.1. The minimum atomic E-state index is -3.08. The largest absolute Gasteiger partial charge is 0.348 e. The Kier molecular flexibility index (Phi) is 4.46. The summed E-state index contributed by atoms with van der Waals surface area (Å²) in [6.07, 6.45) is 5.19. The third-order valence-electron chi connectivity index (χ3n) is 5.89. The Morgan fingerprint density at radius 3 is 2.80 bits per heavy atom. The normalized spacial score (nSPS) is 20.4. The molecule has 0 radical (unpaired) electrons. The van der Waals surface area contributed by atoms with Crippen LogP contribution in [0.3, 0.4) is 0 Å². The molecule has 0 N–H and O–H groups in total. The number of hydrogen-bond acceptors (Lipinski definition) is 6. The lowest BCUT2D eigenvalue weighted by Crippen LogP contribution is -2.40. The first-order valence-corrected chi connectivity index (χ1v) is 11.8. The van der Waals surface area contributed by atoms with Crippen LogP contribution in [0.5, 0.6) is 0 Å². The topological polar surface area (TPSA) is 107 Å². The summed E-state index contributed by atoms with van der Waals surface area (Å²) in [6, 6.07) is 7.51. The van der Waals surface area contributed by atoms with Gasteiger partial charge in [-0.2, -0.15) is 10.1 Å². The molecular formula is C20H21N5O4S. The van der Waals surface area contributed by atoms with Gasteiger partial charge in [0.25, 0.3) is 0 Å². The molecular weight excluding hydrogens is 406 g/mol. The molecule has 1 atom stereocenters. The van der Waals surface area contributed by atoms with Crippen LogP contribution < -0.4 is 10.6 Å². The van der Waals surface area contributed by atoms with E-state index in [9.17, 15) is 18.0 Å². The first-order chi connectivity index (χ1) is 14.4. The van der Waals surface area contributed by atoms with Gasteiger partial charge >= 0.3 is 5.69 Å². The van der Waals surface area contributed by atoms with Crippen LogP contribution in [0.4, 0.5) is 5.69 Å². The van der Waals surface area contributed by atoms with E-state index >= 15 is 0 Å². The highest BCUT2D eigenvalue weighted by Gasteiger charge is 2.31. The first-order valence-electron chi connectivity index (χ1n) is 9.95. The highest BCUT2D eigenvalue weighted by molar-refractivity contribution is 7.91. The summed E-state index contributed by atoms with van der Waals surface area (Å²) < 4.78 is 26.6. The number of nitrogens with zero attached hydrogens (tertiary/aromatic N) is 5. The number of hydrogen-bond donors (Lipinski definition) is 0. The summed E-state index contributed by atoms with van der Waals surface area (Å²) in [5, 5.41) is 4.33. The fourth-order valence-electron chi connectivity index (χ4n) is 4.41. The van der Waals surface area contributed by atoms with Crippen LogP contribution in [-0.4, -0.2) is 51.7 Å². The monoisotopic (exact) mass is 427 g/mol. The van der Waals surface area contributed by atoms with Crippen molar-refractivity contribution in [3.63, 3.8) is 0 Å². The van der Waals surface area contributed by atoms with Crippen LogP contribution in [0.1, 0.15) is 24.4 Å². The van der Waals surface area contributed by atoms with E-state index in [0.29, 0.717) is 24.0 Å². The molecule has 9 nitrogen and oxygen atoms in total. The van der Waals surface area contributed by atoms with Gasteiger partial charge in [-0.1, -0.05) is 18.2 Å². The van der Waals surface area contributed by atoms with Gasteiger partial charge in [-0.05, 0) is 30.9 Å². The van der Waals surface area contributed by atoms with Crippen molar-refractivity contribution >= 4 is 32.5 Å². The molecule has 10 heteroatoms. The van der Waals surface area contributed by atoms with E-state index in [0.717, 1.165) is 24.1 Å². The second-order valence-electron chi connectivity index (χ2n) is 7.82. The summed E-state index contributed by atoms with van der Waals surface area (Å²) in [6.45, 7) is 0.458. The fourth-order valence-corrected chi connectivity index (χ4v) is 6.10. The summed E-state index contributed by atoms with van der Waals surface area (Å²) >= 11 is 0. The number of carbonyl (C=O) groups excluding carboxylic acids is 1. The molecule has 1 fully saturated rings. The van der Waals surface area contributed by atoms with Crippen molar-refractivity contribution in [2.75, 3.05) is 23.0 Å². The number of sulfone groups is 1. The lowest BCUT2D eigenvalue weighted by atomic mass is 10.0. The number of para-hydroxylation sites is 1. The van der Waals surface area contributed by atoms with Crippen molar-refractivity contribution in [1.82, 2.24) is 19.3 Å². The van der Waals surface area contributed by atoms with Crippen molar-refractivity contribution < 1.29 is 13.2 Å². The van der Waals surface area contributed by atoms with Crippen LogP contribution in [-0.2, 0) is 27.6 Å². The van der Waals surface area contributed by atoms with E-state index in [1.807, 2.05) is 24.3 Å². The molecule has 5 rings (SSSR count). The quantitative estimate of drug-likeness (QED) is 0.616. The SMILES string of the molecule is O=C(Cn1c(=O)ncc2c1cnn2[C@@H]1CCS(=O)(=O)C1)N1CCCc2ccccc21. The lowest BCUT2D eigenvalue weighted by molar-refractivity contribution is -0.119. The van der Waals surface area contributed by atoms with E-state index in [1.54, 1.807) is 9.58 Å². The first kappa shape index (κ1) is 19.0. The summed E-state index contributed by atoms with van der Waals surface area (Å²) in [4.78, 5) is 31.2. The molecule has 1 aromatic carbocycles. The molecule has 4 heterocycles. The zero-order chi connectivity index (χ0) is 20.9. The molecule has 156 valence electrons. The molecule has 1 amide bonds. The number of aryl methyl sites for hydroxylation is 1. The molecule has 0 aliphatic carbocycles. The van der Waals surface area contributed by atoms with Crippen molar-refractivity contribution in [2.45, 2.75) is 31.8 Å². The Morgan fingerprint density at radius 1 is 1.17 bits per heavy atom. The molecule has 0 bridgehead atoms. The Morgan fingerprint density at radius 2 is 2.00 bits per heavy atom. The van der Waals surface area contributed by atoms with Gasteiger partial charge < -0.3 is 4.90 Å². The standard InChI is InChI=1S/C20H21N5O4S/c26-19(23-8-3-5-14-4-1-2-6-16(14)23)12-24-17-11-22-25(18(17)10-21-20(24)27)15-7-9-30(28,29)13-15/h1-2,4,6,10-11,15H,3,5,7-9,12-13H2/t15-/m1/s1. The molecule has 0 saturated carbocycles. The average Bonchev–Trinajstić information content (AvgIpc) is 3.32. The molecule has 30 heavy (non-hydrogen) atoms. The highest BCUT2D eigenvalue weighted by atomic mass is 32.2. The van der Waals surface area contributed by atoms with Crippen LogP contribution in [0.15, 0.2) is 41.5 Å². The second kappa shape index (κ2) is 7.05. The molecule has 0 spiro atoms. The number of anilines is 1. The van der Waals surface area contributed by atoms with Gasteiger partial charge in [-0.25, -0.2) is 13.2 Å². The van der Waals surface area contributed by atoms with Gasteiger partial charge in [-0.15, -0.1) is 0 Å². The zero-order valence-corrected chi connectivity index (χ0v) is 17.1. The highest BCUT2D eigenvalue weighted by Crippen LogP contribution is 2.28. The number of aromatic nitrogens is 4. The van der Waals surface area contributed by atoms with Gasteiger partial charge in [-0.3, -0.25) is 14.0 Å². The van der Waals surface area contributed by atoms with E-state index in [1.165, 1.54) is 17.0 Å². The van der Waals surface area contributed by atoms with Crippen LogP contribution in [0.25, 0.3) is 11.0 Å². The Bertz CT molecular complexity index is 1310. The lowest BCUT2D eigenvalue weighted by Gasteiger charge is -2.29. The second-order valence-corrected chi connectivity index (χ2v) is 10.0. The molecule has 0 unspecified atom stereocenters. The smallest absolute Gasteiger partial charge is 0.311 e. The van der Waals surface area contributed by atoms with Crippen molar-refractivity contribution in [2.24, 2.45) is 0 Å². The number of carbonyl (C=O) groups is 1. The zero-order valence-electron chi connectivity index (χ0n) is 16.3.